The summed E-state index contributed by atoms with van der Waals surface area (Å²) in [5, 5.41) is 21.5. The number of carbonyl (C=O) groups is 2. The number of hydrogen-bond donors (Lipinski definition) is 3. The fourth-order valence-electron chi connectivity index (χ4n) is 2.12. The Kier molecular flexibility index (Phi) is 5.92. The van der Waals surface area contributed by atoms with Crippen LogP contribution in [-0.4, -0.2) is 28.0 Å². The lowest BCUT2D eigenvalue weighted by molar-refractivity contribution is -0.162. The molecule has 0 saturated carbocycles. The highest BCUT2D eigenvalue weighted by molar-refractivity contribution is 5.82. The van der Waals surface area contributed by atoms with Crippen LogP contribution in [0.4, 0.5) is 4.79 Å². The van der Waals surface area contributed by atoms with Gasteiger partial charge in [-0.1, -0.05) is 60.7 Å². The molecular formula is C18H19NO5. The number of ether oxygens (including phenoxy) is 1. The molecule has 0 radical (unpaired) electrons. The van der Waals surface area contributed by atoms with Gasteiger partial charge in [0.2, 0.25) is 5.72 Å². The predicted octanol–water partition coefficient (Wildman–Crippen LogP) is 2.32. The van der Waals surface area contributed by atoms with Crippen LogP contribution in [0.5, 0.6) is 0 Å². The average Bonchev–Trinajstić information content (AvgIpc) is 2.60. The van der Waals surface area contributed by atoms with Gasteiger partial charge in [0.1, 0.15) is 6.61 Å². The van der Waals surface area contributed by atoms with Gasteiger partial charge in [-0.3, -0.25) is 5.32 Å². The zero-order valence-electron chi connectivity index (χ0n) is 13.0. The maximum atomic E-state index is 11.8. The van der Waals surface area contributed by atoms with Crippen molar-refractivity contribution in [3.8, 4) is 0 Å². The maximum absolute atomic E-state index is 11.8. The second-order valence-corrected chi connectivity index (χ2v) is 5.34. The van der Waals surface area contributed by atoms with Crippen molar-refractivity contribution in [2.24, 2.45) is 0 Å². The lowest BCUT2D eigenvalue weighted by Gasteiger charge is -2.24. The van der Waals surface area contributed by atoms with E-state index in [9.17, 15) is 19.8 Å². The summed E-state index contributed by atoms with van der Waals surface area (Å²) < 4.78 is 4.95. The van der Waals surface area contributed by atoms with E-state index in [1.807, 2.05) is 41.7 Å². The van der Waals surface area contributed by atoms with Crippen molar-refractivity contribution in [1.29, 1.82) is 0 Å². The van der Waals surface area contributed by atoms with E-state index >= 15 is 0 Å². The summed E-state index contributed by atoms with van der Waals surface area (Å²) in [7, 11) is 0. The minimum atomic E-state index is -2.39. The first-order valence-corrected chi connectivity index (χ1v) is 7.48. The average molecular weight is 329 g/mol. The van der Waals surface area contributed by atoms with Gasteiger partial charge in [-0.2, -0.15) is 0 Å². The van der Waals surface area contributed by atoms with Crippen molar-refractivity contribution in [3.63, 3.8) is 0 Å². The molecule has 1 atom stereocenters. The van der Waals surface area contributed by atoms with E-state index in [4.69, 9.17) is 4.74 Å². The summed E-state index contributed by atoms with van der Waals surface area (Å²) in [5.41, 5.74) is -0.767. The molecule has 0 saturated heterocycles. The van der Waals surface area contributed by atoms with Crippen LogP contribution < -0.4 is 5.32 Å². The van der Waals surface area contributed by atoms with Gasteiger partial charge in [-0.25, -0.2) is 9.59 Å². The normalized spacial score (nSPS) is 12.9. The third-order valence-electron chi connectivity index (χ3n) is 3.49. The molecular weight excluding hydrogens is 310 g/mol. The van der Waals surface area contributed by atoms with Crippen LogP contribution in [0.15, 0.2) is 60.7 Å². The number of rotatable bonds is 7. The van der Waals surface area contributed by atoms with Crippen LogP contribution >= 0.6 is 0 Å². The van der Waals surface area contributed by atoms with Crippen LogP contribution in [0, 0.1) is 0 Å². The summed E-state index contributed by atoms with van der Waals surface area (Å²) >= 11 is 0. The standard InChI is InChI=1S/C18H19NO5/c20-16(21)18(23,12-11-14-7-3-1-4-8-14)19-17(22)24-13-15-9-5-2-6-10-15/h1-10,23H,11-13H2,(H,19,22)(H,20,21)/t18-/m0/s1. The third-order valence-corrected chi connectivity index (χ3v) is 3.49. The van der Waals surface area contributed by atoms with Crippen LogP contribution in [-0.2, 0) is 22.6 Å². The van der Waals surface area contributed by atoms with Crippen molar-refractivity contribution in [2.45, 2.75) is 25.2 Å². The molecule has 3 N–H and O–H groups in total. The molecule has 1 amide bonds. The Morgan fingerprint density at radius 3 is 2.04 bits per heavy atom. The number of alkyl carbamates (subject to hydrolysis) is 1. The summed E-state index contributed by atoms with van der Waals surface area (Å²) in [6, 6.07) is 18.1. The zero-order chi connectivity index (χ0) is 17.4. The molecule has 6 nitrogen and oxygen atoms in total. The predicted molar refractivity (Wildman–Crippen MR) is 87.1 cm³/mol. The largest absolute Gasteiger partial charge is 0.478 e. The van der Waals surface area contributed by atoms with E-state index in [-0.39, 0.29) is 13.0 Å². The van der Waals surface area contributed by atoms with Crippen molar-refractivity contribution in [3.05, 3.63) is 71.8 Å². The van der Waals surface area contributed by atoms with Crippen molar-refractivity contribution in [2.75, 3.05) is 0 Å². The fourth-order valence-corrected chi connectivity index (χ4v) is 2.12. The van der Waals surface area contributed by atoms with Gasteiger partial charge in [-0.15, -0.1) is 0 Å². The van der Waals surface area contributed by atoms with Crippen molar-refractivity contribution >= 4 is 12.1 Å². The van der Waals surface area contributed by atoms with Crippen LogP contribution in [0.25, 0.3) is 0 Å². The number of carboxylic acids is 1. The van der Waals surface area contributed by atoms with Gasteiger partial charge in [0, 0.05) is 6.42 Å². The number of nitrogens with one attached hydrogen (secondary N) is 1. The summed E-state index contributed by atoms with van der Waals surface area (Å²) in [5.74, 6) is -1.53. The number of benzene rings is 2. The quantitative estimate of drug-likeness (QED) is 0.678. The third kappa shape index (κ3) is 5.10. The topological polar surface area (TPSA) is 95.9 Å². The molecule has 0 spiro atoms. The second kappa shape index (κ2) is 8.12. The highest BCUT2D eigenvalue weighted by atomic mass is 16.6. The van der Waals surface area contributed by atoms with E-state index in [2.05, 4.69) is 0 Å². The smallest absolute Gasteiger partial charge is 0.410 e. The number of aryl methyl sites for hydroxylation is 1. The first-order valence-electron chi connectivity index (χ1n) is 7.48. The summed E-state index contributed by atoms with van der Waals surface area (Å²) in [6.45, 7) is -0.0128. The number of carbonyl (C=O) groups excluding carboxylic acids is 1. The molecule has 0 aliphatic heterocycles. The number of hydrogen-bond acceptors (Lipinski definition) is 4. The molecule has 2 aromatic carbocycles. The minimum Gasteiger partial charge on any atom is -0.478 e. The van der Waals surface area contributed by atoms with Gasteiger partial charge < -0.3 is 14.9 Å². The van der Waals surface area contributed by atoms with E-state index in [1.54, 1.807) is 24.3 Å². The number of aliphatic hydroxyl groups is 1. The molecule has 24 heavy (non-hydrogen) atoms. The molecule has 126 valence electrons. The Morgan fingerprint density at radius 1 is 0.958 bits per heavy atom. The SMILES string of the molecule is O=C(N[C@](O)(CCc1ccccc1)C(=O)O)OCc1ccccc1. The van der Waals surface area contributed by atoms with Crippen LogP contribution in [0.2, 0.25) is 0 Å². The van der Waals surface area contributed by atoms with Gasteiger partial charge in [0.15, 0.2) is 0 Å². The van der Waals surface area contributed by atoms with Gasteiger partial charge >= 0.3 is 12.1 Å². The molecule has 6 heteroatoms. The monoisotopic (exact) mass is 329 g/mol. The van der Waals surface area contributed by atoms with E-state index in [0.29, 0.717) is 6.42 Å². The molecule has 0 fully saturated rings. The second-order valence-electron chi connectivity index (χ2n) is 5.34. The van der Waals surface area contributed by atoms with Gasteiger partial charge in [0.05, 0.1) is 0 Å². The van der Waals surface area contributed by atoms with Crippen molar-refractivity contribution in [1.82, 2.24) is 5.32 Å². The number of aliphatic carboxylic acids is 1. The van der Waals surface area contributed by atoms with Crippen LogP contribution in [0.1, 0.15) is 17.5 Å². The van der Waals surface area contributed by atoms with Crippen LogP contribution in [0.3, 0.4) is 0 Å². The minimum absolute atomic E-state index is 0.0128. The number of amides is 1. The first-order chi connectivity index (χ1) is 11.5. The highest BCUT2D eigenvalue weighted by Crippen LogP contribution is 2.13. The maximum Gasteiger partial charge on any atom is 0.410 e. The Bertz CT molecular complexity index is 674. The van der Waals surface area contributed by atoms with E-state index in [1.165, 1.54) is 0 Å². The Morgan fingerprint density at radius 2 is 1.50 bits per heavy atom. The van der Waals surface area contributed by atoms with Gasteiger partial charge in [-0.05, 0) is 17.5 Å². The molecule has 0 unspecified atom stereocenters. The molecule has 0 aromatic heterocycles. The van der Waals surface area contributed by atoms with Gasteiger partial charge in [0.25, 0.3) is 0 Å². The fraction of sp³-hybridized carbons (Fsp3) is 0.222. The van der Waals surface area contributed by atoms with Crippen molar-refractivity contribution < 1.29 is 24.5 Å². The lowest BCUT2D eigenvalue weighted by Crippen LogP contribution is -2.55. The molecule has 0 aliphatic carbocycles. The Balaban J connectivity index is 1.91. The lowest BCUT2D eigenvalue weighted by atomic mass is 10.0. The molecule has 0 bridgehead atoms. The molecule has 2 aromatic rings. The Hall–Kier alpha value is -2.86. The number of carboxylic acid groups (broad SMARTS) is 1. The van der Waals surface area contributed by atoms with E-state index < -0.39 is 17.8 Å². The summed E-state index contributed by atoms with van der Waals surface area (Å²) in [4.78, 5) is 23.1. The zero-order valence-corrected chi connectivity index (χ0v) is 13.0. The molecule has 0 aliphatic rings. The molecule has 2 rings (SSSR count). The Labute approximate surface area is 139 Å². The highest BCUT2D eigenvalue weighted by Gasteiger charge is 2.38. The van der Waals surface area contributed by atoms with E-state index in [0.717, 1.165) is 11.1 Å². The summed E-state index contributed by atoms with van der Waals surface area (Å²) in [6.07, 6.45) is -0.869. The molecule has 0 heterocycles. The first kappa shape index (κ1) is 17.5.